The minimum absolute atomic E-state index is 0.199. The second-order valence-corrected chi connectivity index (χ2v) is 5.15. The molecule has 0 spiro atoms. The summed E-state index contributed by atoms with van der Waals surface area (Å²) in [5.74, 6) is -0.964. The second-order valence-electron chi connectivity index (χ2n) is 5.15. The van der Waals surface area contributed by atoms with Crippen molar-refractivity contribution in [2.75, 3.05) is 13.2 Å². The van der Waals surface area contributed by atoms with Gasteiger partial charge in [-0.25, -0.2) is 0 Å². The molecule has 102 valence electrons. The molecule has 18 heavy (non-hydrogen) atoms. The number of carbonyl (C=O) groups is 1. The van der Waals surface area contributed by atoms with E-state index >= 15 is 0 Å². The molecule has 2 aliphatic rings. The summed E-state index contributed by atoms with van der Waals surface area (Å²) < 4.78 is 22.0. The highest BCUT2D eigenvalue weighted by Crippen LogP contribution is 2.47. The number of carbonyl (C=O) groups excluding carboxylic acids is 1. The zero-order valence-corrected chi connectivity index (χ0v) is 11.1. The normalized spacial score (nSPS) is 37.3. The minimum Gasteiger partial charge on any atom is -0.466 e. The van der Waals surface area contributed by atoms with Gasteiger partial charge >= 0.3 is 5.97 Å². The van der Waals surface area contributed by atoms with Gasteiger partial charge < -0.3 is 18.9 Å². The second kappa shape index (κ2) is 4.64. The van der Waals surface area contributed by atoms with Crippen molar-refractivity contribution in [3.63, 3.8) is 0 Å². The molecule has 5 heteroatoms. The standard InChI is InChI=1S/C13H20O5/c1-5-13(7-9(14)15-6-2)8-16-11-10(13)17-12(3,4)18-11/h5,10-11H,1,6-8H2,2-4H3/t10-,11+,13-/m0/s1. The maximum atomic E-state index is 11.7. The molecule has 2 fully saturated rings. The van der Waals surface area contributed by atoms with Gasteiger partial charge in [-0.15, -0.1) is 6.58 Å². The van der Waals surface area contributed by atoms with Crippen LogP contribution in [0.5, 0.6) is 0 Å². The predicted molar refractivity (Wildman–Crippen MR) is 63.7 cm³/mol. The van der Waals surface area contributed by atoms with E-state index < -0.39 is 17.5 Å². The van der Waals surface area contributed by atoms with Gasteiger partial charge in [0.25, 0.3) is 0 Å². The Morgan fingerprint density at radius 1 is 1.50 bits per heavy atom. The first-order valence-electron chi connectivity index (χ1n) is 6.19. The fourth-order valence-electron chi connectivity index (χ4n) is 2.44. The summed E-state index contributed by atoms with van der Waals surface area (Å²) in [7, 11) is 0. The molecule has 2 aliphatic heterocycles. The first-order valence-corrected chi connectivity index (χ1v) is 6.19. The number of fused-ring (bicyclic) bond motifs is 1. The van der Waals surface area contributed by atoms with Crippen molar-refractivity contribution in [3.8, 4) is 0 Å². The predicted octanol–water partition coefficient (Wildman–Crippen LogP) is 1.62. The zero-order valence-electron chi connectivity index (χ0n) is 11.1. The first-order chi connectivity index (χ1) is 8.42. The number of hydrogen-bond donors (Lipinski definition) is 0. The van der Waals surface area contributed by atoms with Crippen molar-refractivity contribution in [2.24, 2.45) is 5.41 Å². The van der Waals surface area contributed by atoms with Gasteiger partial charge in [0.1, 0.15) is 6.10 Å². The molecule has 0 unspecified atom stereocenters. The Hall–Kier alpha value is -0.910. The van der Waals surface area contributed by atoms with Crippen LogP contribution in [0.15, 0.2) is 12.7 Å². The van der Waals surface area contributed by atoms with E-state index in [2.05, 4.69) is 6.58 Å². The highest BCUT2D eigenvalue weighted by molar-refractivity contribution is 5.71. The van der Waals surface area contributed by atoms with Crippen LogP contribution in [0.2, 0.25) is 0 Å². The maximum Gasteiger partial charge on any atom is 0.306 e. The highest BCUT2D eigenvalue weighted by atomic mass is 16.8. The SMILES string of the molecule is C=C[C@]1(CC(=O)OCC)CO[C@@H]2OC(C)(C)O[C@@H]21. The Bertz CT molecular complexity index is 351. The van der Waals surface area contributed by atoms with Crippen LogP contribution in [0, 0.1) is 5.41 Å². The third kappa shape index (κ3) is 2.30. The molecule has 2 heterocycles. The van der Waals surface area contributed by atoms with Crippen LogP contribution in [0.1, 0.15) is 27.2 Å². The van der Waals surface area contributed by atoms with Gasteiger partial charge in [0.2, 0.25) is 0 Å². The summed E-state index contributed by atoms with van der Waals surface area (Å²) in [4.78, 5) is 11.7. The van der Waals surface area contributed by atoms with Gasteiger partial charge in [-0.05, 0) is 20.8 Å². The van der Waals surface area contributed by atoms with E-state index in [1.807, 2.05) is 13.8 Å². The summed E-state index contributed by atoms with van der Waals surface area (Å²) in [6.07, 6.45) is 1.17. The van der Waals surface area contributed by atoms with Gasteiger partial charge in [-0.1, -0.05) is 6.08 Å². The van der Waals surface area contributed by atoms with E-state index in [0.717, 1.165) is 0 Å². The molecular weight excluding hydrogens is 236 g/mol. The van der Waals surface area contributed by atoms with E-state index in [1.54, 1.807) is 13.0 Å². The topological polar surface area (TPSA) is 54.0 Å². The number of rotatable bonds is 4. The summed E-state index contributed by atoms with van der Waals surface area (Å²) in [5, 5.41) is 0. The molecule has 0 N–H and O–H groups in total. The number of ether oxygens (including phenoxy) is 4. The molecule has 0 aliphatic carbocycles. The first kappa shape index (κ1) is 13.5. The Kier molecular flexibility index (Phi) is 3.49. The molecule has 0 aromatic rings. The minimum atomic E-state index is -0.696. The van der Waals surface area contributed by atoms with E-state index in [9.17, 15) is 4.79 Å². The van der Waals surface area contributed by atoms with E-state index in [4.69, 9.17) is 18.9 Å². The Balaban J connectivity index is 2.13. The fourth-order valence-corrected chi connectivity index (χ4v) is 2.44. The smallest absolute Gasteiger partial charge is 0.306 e. The van der Waals surface area contributed by atoms with E-state index in [1.165, 1.54) is 0 Å². The van der Waals surface area contributed by atoms with Crippen LogP contribution in [0.25, 0.3) is 0 Å². The lowest BCUT2D eigenvalue weighted by Crippen LogP contribution is -2.38. The van der Waals surface area contributed by atoms with Gasteiger partial charge in [0, 0.05) is 0 Å². The summed E-state index contributed by atoms with van der Waals surface area (Å²) in [6.45, 7) is 9.97. The van der Waals surface area contributed by atoms with Gasteiger partial charge in [-0.3, -0.25) is 4.79 Å². The van der Waals surface area contributed by atoms with Gasteiger partial charge in [0.15, 0.2) is 12.1 Å². The van der Waals surface area contributed by atoms with Crippen molar-refractivity contribution in [3.05, 3.63) is 12.7 Å². The molecule has 0 saturated carbocycles. The maximum absolute atomic E-state index is 11.7. The number of hydrogen-bond acceptors (Lipinski definition) is 5. The molecule has 0 aromatic carbocycles. The average Bonchev–Trinajstić information content (AvgIpc) is 2.75. The van der Waals surface area contributed by atoms with Crippen LogP contribution in [0.4, 0.5) is 0 Å². The van der Waals surface area contributed by atoms with Crippen LogP contribution in [-0.2, 0) is 23.7 Å². The largest absolute Gasteiger partial charge is 0.466 e. The van der Waals surface area contributed by atoms with Crippen molar-refractivity contribution < 1.29 is 23.7 Å². The van der Waals surface area contributed by atoms with E-state index in [-0.39, 0.29) is 18.5 Å². The third-order valence-corrected chi connectivity index (χ3v) is 3.33. The molecule has 2 saturated heterocycles. The van der Waals surface area contributed by atoms with Crippen molar-refractivity contribution in [2.45, 2.75) is 45.4 Å². The lowest BCUT2D eigenvalue weighted by Gasteiger charge is -2.29. The summed E-state index contributed by atoms with van der Waals surface area (Å²) >= 11 is 0. The lowest BCUT2D eigenvalue weighted by atomic mass is 9.81. The van der Waals surface area contributed by atoms with Crippen LogP contribution in [0.3, 0.4) is 0 Å². The summed E-state index contributed by atoms with van der Waals surface area (Å²) in [5.41, 5.74) is -0.565. The molecule has 3 atom stereocenters. The molecule has 0 bridgehead atoms. The molecule has 0 amide bonds. The lowest BCUT2D eigenvalue weighted by molar-refractivity contribution is -0.201. The zero-order chi connectivity index (χ0) is 13.4. The van der Waals surface area contributed by atoms with Crippen molar-refractivity contribution in [1.29, 1.82) is 0 Å². The van der Waals surface area contributed by atoms with Crippen LogP contribution < -0.4 is 0 Å². The molecular formula is C13H20O5. The molecule has 5 nitrogen and oxygen atoms in total. The highest BCUT2D eigenvalue weighted by Gasteiger charge is 2.58. The molecule has 2 rings (SSSR count). The quantitative estimate of drug-likeness (QED) is 0.565. The van der Waals surface area contributed by atoms with Crippen LogP contribution >= 0.6 is 0 Å². The van der Waals surface area contributed by atoms with Crippen LogP contribution in [-0.4, -0.2) is 37.4 Å². The third-order valence-electron chi connectivity index (χ3n) is 3.33. The van der Waals surface area contributed by atoms with E-state index in [0.29, 0.717) is 13.2 Å². The summed E-state index contributed by atoms with van der Waals surface area (Å²) in [6, 6.07) is 0. The molecule has 0 aromatic heterocycles. The van der Waals surface area contributed by atoms with Crippen molar-refractivity contribution >= 4 is 5.97 Å². The number of esters is 1. The Morgan fingerprint density at radius 2 is 2.22 bits per heavy atom. The average molecular weight is 256 g/mol. The Morgan fingerprint density at radius 3 is 2.83 bits per heavy atom. The Labute approximate surface area is 107 Å². The molecule has 0 radical (unpaired) electrons. The van der Waals surface area contributed by atoms with Gasteiger partial charge in [0.05, 0.1) is 25.0 Å². The van der Waals surface area contributed by atoms with Crippen molar-refractivity contribution in [1.82, 2.24) is 0 Å². The fraction of sp³-hybridized carbons (Fsp3) is 0.769. The van der Waals surface area contributed by atoms with Gasteiger partial charge in [-0.2, -0.15) is 0 Å². The monoisotopic (exact) mass is 256 g/mol.